The lowest BCUT2D eigenvalue weighted by Crippen LogP contribution is -2.64. The van der Waals surface area contributed by atoms with Gasteiger partial charge in [0, 0.05) is 12.8 Å². The molecule has 2 unspecified atom stereocenters. The highest BCUT2D eigenvalue weighted by atomic mass is 16.4. The number of unbranched alkanes of at least 4 members (excludes halogenated alkanes) is 9. The van der Waals surface area contributed by atoms with Gasteiger partial charge in [-0.2, -0.15) is 0 Å². The third kappa shape index (κ3) is 8.57. The van der Waals surface area contributed by atoms with Crippen LogP contribution in [0.1, 0.15) is 104 Å². The first-order chi connectivity index (χ1) is 11.7. The third-order valence-corrected chi connectivity index (χ3v) is 6.18. The second-order valence-electron chi connectivity index (χ2n) is 8.92. The largest absolute Gasteiger partial charge is 0.477 e. The summed E-state index contributed by atoms with van der Waals surface area (Å²) in [4.78, 5) is 12.1. The molecule has 0 radical (unpaired) electrons. The van der Waals surface area contributed by atoms with Crippen LogP contribution in [0, 0.1) is 5.92 Å². The maximum absolute atomic E-state index is 12.1. The highest BCUT2D eigenvalue weighted by Crippen LogP contribution is 2.35. The van der Waals surface area contributed by atoms with Crippen molar-refractivity contribution in [3.05, 3.63) is 0 Å². The molecule has 0 saturated heterocycles. The quantitative estimate of drug-likeness (QED) is 0.262. The van der Waals surface area contributed by atoms with Crippen molar-refractivity contribution < 1.29 is 14.4 Å². The minimum Gasteiger partial charge on any atom is -0.477 e. The summed E-state index contributed by atoms with van der Waals surface area (Å²) >= 11 is 0. The number of rotatable bonds is 16. The number of carboxylic acids is 1. The van der Waals surface area contributed by atoms with E-state index >= 15 is 0 Å². The van der Waals surface area contributed by atoms with E-state index in [2.05, 4.69) is 13.8 Å². The van der Waals surface area contributed by atoms with Gasteiger partial charge in [-0.15, -0.1) is 0 Å². The molecule has 0 aromatic rings. The number of hydrogen-bond donors (Lipinski definition) is 1. The number of hydrogen-bond acceptors (Lipinski definition) is 1. The van der Waals surface area contributed by atoms with Gasteiger partial charge >= 0.3 is 5.97 Å². The van der Waals surface area contributed by atoms with Gasteiger partial charge in [-0.3, -0.25) is 0 Å². The summed E-state index contributed by atoms with van der Waals surface area (Å²) in [5, 5.41) is 9.97. The number of nitrogens with zero attached hydrogens (tertiary/aromatic N) is 1. The fraction of sp³-hybridized carbons (Fsp3) is 0.955. The summed E-state index contributed by atoms with van der Waals surface area (Å²) in [6.07, 6.45) is 16.2. The van der Waals surface area contributed by atoms with Crippen LogP contribution in [0.15, 0.2) is 0 Å². The molecule has 0 aromatic carbocycles. The lowest BCUT2D eigenvalue weighted by Gasteiger charge is -2.45. The van der Waals surface area contributed by atoms with E-state index < -0.39 is 11.5 Å². The average Bonchev–Trinajstić information content (AvgIpc) is 2.54. The molecule has 0 rings (SSSR count). The molecule has 0 aliphatic rings. The highest BCUT2D eigenvalue weighted by molar-refractivity contribution is 5.77. The molecule has 2 atom stereocenters. The van der Waals surface area contributed by atoms with Crippen LogP contribution in [0.3, 0.4) is 0 Å². The molecular weight excluding hydrogens is 310 g/mol. The first-order valence-electron chi connectivity index (χ1n) is 10.8. The molecule has 25 heavy (non-hydrogen) atoms. The van der Waals surface area contributed by atoms with Crippen molar-refractivity contribution in [1.29, 1.82) is 0 Å². The third-order valence-electron chi connectivity index (χ3n) is 6.18. The van der Waals surface area contributed by atoms with Gasteiger partial charge in [-0.1, -0.05) is 84.5 Å². The first-order valence-corrected chi connectivity index (χ1v) is 10.8. The fourth-order valence-corrected chi connectivity index (χ4v) is 3.87. The summed E-state index contributed by atoms with van der Waals surface area (Å²) in [6.45, 7) is 6.42. The van der Waals surface area contributed by atoms with Crippen LogP contribution in [0.5, 0.6) is 0 Å². The summed E-state index contributed by atoms with van der Waals surface area (Å²) < 4.78 is 0.494. The van der Waals surface area contributed by atoms with Gasteiger partial charge in [0.2, 0.25) is 0 Å². The van der Waals surface area contributed by atoms with Crippen LogP contribution < -0.4 is 0 Å². The molecule has 0 fully saturated rings. The predicted octanol–water partition coefficient (Wildman–Crippen LogP) is 6.26. The van der Waals surface area contributed by atoms with Gasteiger partial charge in [0.1, 0.15) is 0 Å². The van der Waals surface area contributed by atoms with Crippen molar-refractivity contribution in [3.8, 4) is 0 Å². The van der Waals surface area contributed by atoms with E-state index in [1.807, 2.05) is 28.1 Å². The maximum Gasteiger partial charge on any atom is 0.365 e. The molecule has 3 nitrogen and oxygen atoms in total. The van der Waals surface area contributed by atoms with Crippen molar-refractivity contribution in [2.75, 3.05) is 21.1 Å². The number of likely N-dealkylation sites (N-methyl/N-ethyl adjacent to an activating group) is 1. The standard InChI is InChI=1S/C22H45NO2/c1-7-9-11-12-13-14-15-16-17-19-20(18-10-8-2)22(3,21(24)25)23(4,5)6/h20H,7-19H2,1-6H3/p+1. The smallest absolute Gasteiger partial charge is 0.365 e. The SMILES string of the molecule is CCCCCCCCCCCC(CCCC)C(C)(C(=O)O)[N+](C)(C)C. The van der Waals surface area contributed by atoms with Crippen molar-refractivity contribution in [2.45, 2.75) is 110 Å². The van der Waals surface area contributed by atoms with Crippen LogP contribution in [-0.4, -0.2) is 42.2 Å². The first kappa shape index (κ1) is 24.4. The van der Waals surface area contributed by atoms with E-state index in [1.54, 1.807) is 0 Å². The Kier molecular flexibility index (Phi) is 12.4. The minimum absolute atomic E-state index is 0.259. The van der Waals surface area contributed by atoms with Crippen LogP contribution >= 0.6 is 0 Å². The second kappa shape index (κ2) is 12.7. The fourth-order valence-electron chi connectivity index (χ4n) is 3.87. The van der Waals surface area contributed by atoms with E-state index in [9.17, 15) is 9.90 Å². The minimum atomic E-state index is -0.699. The molecule has 3 heteroatoms. The van der Waals surface area contributed by atoms with Gasteiger partial charge in [-0.05, 0) is 12.8 Å². The van der Waals surface area contributed by atoms with Crippen LogP contribution in [0.25, 0.3) is 0 Å². The zero-order valence-electron chi connectivity index (χ0n) is 18.1. The summed E-state index contributed by atoms with van der Waals surface area (Å²) in [5.41, 5.74) is -0.699. The van der Waals surface area contributed by atoms with Crippen molar-refractivity contribution >= 4 is 5.97 Å². The van der Waals surface area contributed by atoms with Crippen molar-refractivity contribution in [2.24, 2.45) is 5.92 Å². The van der Waals surface area contributed by atoms with Crippen molar-refractivity contribution in [3.63, 3.8) is 0 Å². The molecule has 0 amide bonds. The molecule has 0 aliphatic carbocycles. The summed E-state index contributed by atoms with van der Waals surface area (Å²) in [7, 11) is 6.09. The van der Waals surface area contributed by atoms with E-state index in [-0.39, 0.29) is 5.92 Å². The van der Waals surface area contributed by atoms with Gasteiger partial charge in [-0.25, -0.2) is 4.79 Å². The van der Waals surface area contributed by atoms with E-state index in [0.717, 1.165) is 25.7 Å². The lowest BCUT2D eigenvalue weighted by molar-refractivity contribution is -0.916. The van der Waals surface area contributed by atoms with Crippen LogP contribution in [0.4, 0.5) is 0 Å². The summed E-state index contributed by atoms with van der Waals surface area (Å²) in [5.74, 6) is -0.383. The van der Waals surface area contributed by atoms with Crippen LogP contribution in [0.2, 0.25) is 0 Å². The molecular formula is C22H46NO2+. The molecule has 0 aromatic heterocycles. The van der Waals surface area contributed by atoms with Gasteiger partial charge in [0.25, 0.3) is 0 Å². The molecule has 0 saturated carbocycles. The van der Waals surface area contributed by atoms with Gasteiger partial charge in [0.15, 0.2) is 5.54 Å². The van der Waals surface area contributed by atoms with Gasteiger partial charge in [0.05, 0.1) is 21.1 Å². The zero-order valence-corrected chi connectivity index (χ0v) is 18.1. The van der Waals surface area contributed by atoms with Crippen molar-refractivity contribution in [1.82, 2.24) is 0 Å². The Hall–Kier alpha value is -0.570. The number of carbonyl (C=O) groups is 1. The van der Waals surface area contributed by atoms with Gasteiger partial charge < -0.3 is 9.59 Å². The second-order valence-corrected chi connectivity index (χ2v) is 8.92. The molecule has 0 heterocycles. The van der Waals surface area contributed by atoms with E-state index in [4.69, 9.17) is 0 Å². The molecule has 1 N–H and O–H groups in total. The topological polar surface area (TPSA) is 37.3 Å². The Morgan fingerprint density at radius 1 is 0.800 bits per heavy atom. The number of carboxylic acid groups (broad SMARTS) is 1. The Balaban J connectivity index is 4.42. The average molecular weight is 357 g/mol. The maximum atomic E-state index is 12.1. The Morgan fingerprint density at radius 3 is 1.60 bits per heavy atom. The molecule has 0 spiro atoms. The lowest BCUT2D eigenvalue weighted by atomic mass is 9.76. The van der Waals surface area contributed by atoms with E-state index in [0.29, 0.717) is 4.48 Å². The zero-order chi connectivity index (χ0) is 19.3. The molecule has 0 aliphatic heterocycles. The normalized spacial score (nSPS) is 15.8. The Morgan fingerprint density at radius 2 is 1.20 bits per heavy atom. The Labute approximate surface area is 157 Å². The van der Waals surface area contributed by atoms with Crippen LogP contribution in [-0.2, 0) is 4.79 Å². The summed E-state index contributed by atoms with van der Waals surface area (Å²) in [6, 6.07) is 0. The Bertz CT molecular complexity index is 348. The highest BCUT2D eigenvalue weighted by Gasteiger charge is 2.51. The predicted molar refractivity (Wildman–Crippen MR) is 109 cm³/mol. The monoisotopic (exact) mass is 356 g/mol. The number of quaternary nitrogens is 1. The van der Waals surface area contributed by atoms with E-state index in [1.165, 1.54) is 57.8 Å². The molecule has 0 bridgehead atoms. The number of aliphatic carboxylic acids is 1. The molecule has 150 valence electrons.